The molecule has 0 unspecified atom stereocenters. The minimum atomic E-state index is 0. The number of piperazine rings is 1. The molecule has 0 atom stereocenters. The molecule has 0 radical (unpaired) electrons. The highest BCUT2D eigenvalue weighted by molar-refractivity contribution is 14.0. The van der Waals surface area contributed by atoms with Gasteiger partial charge in [0.15, 0.2) is 5.96 Å². The summed E-state index contributed by atoms with van der Waals surface area (Å²) in [6, 6.07) is 18.3. The lowest BCUT2D eigenvalue weighted by Crippen LogP contribution is -2.49. The normalized spacial score (nSPS) is 13.9. The van der Waals surface area contributed by atoms with Crippen LogP contribution in [0.3, 0.4) is 0 Å². The summed E-state index contributed by atoms with van der Waals surface area (Å²) >= 11 is 0. The summed E-state index contributed by atoms with van der Waals surface area (Å²) in [4.78, 5) is 21.4. The summed E-state index contributed by atoms with van der Waals surface area (Å²) in [7, 11) is 1.68. The van der Waals surface area contributed by atoms with Gasteiger partial charge < -0.3 is 25.2 Å². The van der Waals surface area contributed by atoms with Gasteiger partial charge in [0.25, 0.3) is 0 Å². The highest BCUT2D eigenvalue weighted by Gasteiger charge is 2.21. The minimum Gasteiger partial charge on any atom is -0.496 e. The van der Waals surface area contributed by atoms with Crippen LogP contribution >= 0.6 is 24.0 Å². The van der Waals surface area contributed by atoms with E-state index in [2.05, 4.69) is 38.7 Å². The first-order valence-electron chi connectivity index (χ1n) is 10.9. The number of aliphatic imine (C=N–C) groups is 1. The number of anilines is 1. The molecule has 0 saturated carbocycles. The van der Waals surface area contributed by atoms with Gasteiger partial charge in [-0.25, -0.2) is 4.99 Å². The fraction of sp³-hybridized carbons (Fsp3) is 0.417. The molecule has 2 aromatic rings. The number of carbonyl (C=O) groups is 1. The van der Waals surface area contributed by atoms with Crippen molar-refractivity contribution in [3.63, 3.8) is 0 Å². The minimum absolute atomic E-state index is 0. The lowest BCUT2D eigenvalue weighted by Gasteiger charge is -2.36. The molecule has 7 nitrogen and oxygen atoms in total. The topological polar surface area (TPSA) is 69.2 Å². The third-order valence-corrected chi connectivity index (χ3v) is 5.35. The maximum Gasteiger partial charge on any atom is 0.244 e. The van der Waals surface area contributed by atoms with Crippen LogP contribution in [-0.4, -0.2) is 69.7 Å². The Balaban J connectivity index is 0.00000363. The molecular weight excluding hydrogens is 517 g/mol. The monoisotopic (exact) mass is 551 g/mol. The molecule has 1 amide bonds. The Kier molecular flexibility index (Phi) is 11.1. The van der Waals surface area contributed by atoms with Crippen molar-refractivity contribution in [2.75, 3.05) is 57.8 Å². The predicted molar refractivity (Wildman–Crippen MR) is 141 cm³/mol. The number of amides is 1. The largest absolute Gasteiger partial charge is 0.496 e. The van der Waals surface area contributed by atoms with Crippen molar-refractivity contribution in [1.29, 1.82) is 0 Å². The number of hydrogen-bond donors (Lipinski definition) is 2. The van der Waals surface area contributed by atoms with E-state index in [0.717, 1.165) is 50.5 Å². The van der Waals surface area contributed by atoms with Crippen molar-refractivity contribution in [2.45, 2.75) is 13.3 Å². The number of rotatable bonds is 8. The number of guanidine groups is 1. The van der Waals surface area contributed by atoms with Crippen LogP contribution in [0.15, 0.2) is 59.6 Å². The van der Waals surface area contributed by atoms with E-state index in [1.54, 1.807) is 7.11 Å². The van der Waals surface area contributed by atoms with Gasteiger partial charge in [0, 0.05) is 45.0 Å². The van der Waals surface area contributed by atoms with Gasteiger partial charge in [-0.3, -0.25) is 4.79 Å². The number of carbonyl (C=O) groups excluding carboxylic acids is 1. The van der Waals surface area contributed by atoms with Gasteiger partial charge in [-0.05, 0) is 37.1 Å². The van der Waals surface area contributed by atoms with Gasteiger partial charge in [-0.2, -0.15) is 0 Å². The van der Waals surface area contributed by atoms with E-state index in [-0.39, 0.29) is 36.4 Å². The lowest BCUT2D eigenvalue weighted by molar-refractivity contribution is -0.129. The molecule has 1 aliphatic heterocycles. The van der Waals surface area contributed by atoms with Crippen LogP contribution in [0.5, 0.6) is 5.75 Å². The summed E-state index contributed by atoms with van der Waals surface area (Å²) in [6.45, 7) is 6.74. The predicted octanol–water partition coefficient (Wildman–Crippen LogP) is 2.76. The van der Waals surface area contributed by atoms with Crippen molar-refractivity contribution in [2.24, 2.45) is 4.99 Å². The maximum atomic E-state index is 12.7. The third-order valence-electron chi connectivity index (χ3n) is 5.35. The number of methoxy groups -OCH3 is 1. The molecule has 3 rings (SSSR count). The van der Waals surface area contributed by atoms with Crippen molar-refractivity contribution in [3.05, 3.63) is 60.2 Å². The molecular formula is C24H34IN5O2. The van der Waals surface area contributed by atoms with Crippen molar-refractivity contribution in [1.82, 2.24) is 15.5 Å². The Hall–Kier alpha value is -2.49. The number of ether oxygens (including phenoxy) is 1. The van der Waals surface area contributed by atoms with Crippen LogP contribution in [0, 0.1) is 0 Å². The van der Waals surface area contributed by atoms with Crippen LogP contribution in [-0.2, 0) is 11.2 Å². The fourth-order valence-corrected chi connectivity index (χ4v) is 3.67. The molecule has 0 aromatic heterocycles. The second kappa shape index (κ2) is 13.8. The van der Waals surface area contributed by atoms with E-state index in [4.69, 9.17) is 4.74 Å². The zero-order valence-electron chi connectivity index (χ0n) is 18.9. The van der Waals surface area contributed by atoms with Crippen LogP contribution in [0.2, 0.25) is 0 Å². The summed E-state index contributed by atoms with van der Waals surface area (Å²) in [5.41, 5.74) is 2.35. The Labute approximate surface area is 208 Å². The standard InChI is InChI=1S/C24H33N5O2.HI/c1-3-25-24(26-14-13-20-9-7-8-12-22(20)31-2)27-19-23(30)29-17-15-28(16-18-29)21-10-5-4-6-11-21;/h4-12H,3,13-19H2,1-2H3,(H2,25,26,27);1H. The molecule has 0 bridgehead atoms. The van der Waals surface area contributed by atoms with Gasteiger partial charge in [0.05, 0.1) is 7.11 Å². The van der Waals surface area contributed by atoms with Crippen molar-refractivity contribution < 1.29 is 9.53 Å². The first kappa shape index (κ1) is 25.8. The molecule has 0 aliphatic carbocycles. The third kappa shape index (κ3) is 7.58. The molecule has 1 aliphatic rings. The summed E-state index contributed by atoms with van der Waals surface area (Å²) in [6.07, 6.45) is 0.809. The van der Waals surface area contributed by atoms with Crippen LogP contribution in [0.4, 0.5) is 5.69 Å². The van der Waals surface area contributed by atoms with Gasteiger partial charge in [-0.15, -0.1) is 24.0 Å². The number of nitrogens with zero attached hydrogens (tertiary/aromatic N) is 3. The molecule has 32 heavy (non-hydrogen) atoms. The summed E-state index contributed by atoms with van der Waals surface area (Å²) in [5, 5.41) is 6.52. The molecule has 174 valence electrons. The first-order valence-corrected chi connectivity index (χ1v) is 10.9. The second-order valence-electron chi connectivity index (χ2n) is 7.39. The SMILES string of the molecule is CCNC(=NCC(=O)N1CCN(c2ccccc2)CC1)NCCc1ccccc1OC.I. The lowest BCUT2D eigenvalue weighted by atomic mass is 10.1. The number of benzene rings is 2. The number of hydrogen-bond acceptors (Lipinski definition) is 4. The molecule has 1 heterocycles. The van der Waals surface area contributed by atoms with E-state index in [1.165, 1.54) is 5.69 Å². The average Bonchev–Trinajstić information content (AvgIpc) is 2.83. The molecule has 2 N–H and O–H groups in total. The van der Waals surface area contributed by atoms with Gasteiger partial charge in [-0.1, -0.05) is 36.4 Å². The Bertz CT molecular complexity index is 854. The summed E-state index contributed by atoms with van der Waals surface area (Å²) < 4.78 is 5.40. The first-order chi connectivity index (χ1) is 15.2. The molecule has 2 aromatic carbocycles. The van der Waals surface area contributed by atoms with Crippen molar-refractivity contribution >= 4 is 41.5 Å². The van der Waals surface area contributed by atoms with E-state index in [0.29, 0.717) is 12.5 Å². The van der Waals surface area contributed by atoms with Gasteiger partial charge in [0.1, 0.15) is 12.3 Å². The van der Waals surface area contributed by atoms with Gasteiger partial charge in [0.2, 0.25) is 5.91 Å². The van der Waals surface area contributed by atoms with Gasteiger partial charge >= 0.3 is 0 Å². The van der Waals surface area contributed by atoms with E-state index in [9.17, 15) is 4.79 Å². The van der Waals surface area contributed by atoms with Crippen LogP contribution in [0.25, 0.3) is 0 Å². The van der Waals surface area contributed by atoms with Crippen LogP contribution < -0.4 is 20.3 Å². The maximum absolute atomic E-state index is 12.7. The molecule has 8 heteroatoms. The number of nitrogens with one attached hydrogen (secondary N) is 2. The highest BCUT2D eigenvalue weighted by Crippen LogP contribution is 2.17. The Morgan fingerprint density at radius 1 is 1.00 bits per heavy atom. The average molecular weight is 551 g/mol. The molecule has 0 spiro atoms. The zero-order valence-corrected chi connectivity index (χ0v) is 21.2. The van der Waals surface area contributed by atoms with E-state index >= 15 is 0 Å². The molecule has 1 saturated heterocycles. The summed E-state index contributed by atoms with van der Waals surface area (Å²) in [5.74, 6) is 1.61. The second-order valence-corrected chi connectivity index (χ2v) is 7.39. The van der Waals surface area contributed by atoms with Crippen LogP contribution in [0.1, 0.15) is 12.5 Å². The Morgan fingerprint density at radius 3 is 2.38 bits per heavy atom. The number of para-hydroxylation sites is 2. The quantitative estimate of drug-likeness (QED) is 0.300. The van der Waals surface area contributed by atoms with E-state index in [1.807, 2.05) is 48.2 Å². The molecule has 1 fully saturated rings. The smallest absolute Gasteiger partial charge is 0.244 e. The van der Waals surface area contributed by atoms with Crippen molar-refractivity contribution in [3.8, 4) is 5.75 Å². The number of halogens is 1. The zero-order chi connectivity index (χ0) is 21.9. The fourth-order valence-electron chi connectivity index (χ4n) is 3.67. The highest BCUT2D eigenvalue weighted by atomic mass is 127. The Morgan fingerprint density at radius 2 is 1.69 bits per heavy atom. The van der Waals surface area contributed by atoms with E-state index < -0.39 is 0 Å².